The summed E-state index contributed by atoms with van der Waals surface area (Å²) >= 11 is 0. The van der Waals surface area contributed by atoms with Crippen LogP contribution >= 0.6 is 0 Å². The number of aryl methyl sites for hydroxylation is 1. The Morgan fingerprint density at radius 3 is 2.77 bits per heavy atom. The quantitative estimate of drug-likeness (QED) is 0.923. The zero-order valence-electron chi connectivity index (χ0n) is 12.7. The maximum Gasteiger partial charge on any atom is 0.258 e. The Morgan fingerprint density at radius 1 is 1.45 bits per heavy atom. The lowest BCUT2D eigenvalue weighted by atomic mass is 9.80. The molecule has 116 valence electrons. The average Bonchev–Trinajstić information content (AvgIpc) is 2.48. The summed E-state index contributed by atoms with van der Waals surface area (Å²) in [5.74, 6) is -0.0626. The molecular formula is C17H20N2O3. The van der Waals surface area contributed by atoms with Crippen molar-refractivity contribution in [2.75, 3.05) is 13.2 Å². The highest BCUT2D eigenvalue weighted by Gasteiger charge is 2.52. The Balaban J connectivity index is 1.90. The molecule has 5 heteroatoms. The first kappa shape index (κ1) is 14.8. The standard InChI is InChI=1S/C17H20N2O3/c1-3-19(16(21)13-7-5-4-6-12(13)2)14-8-9-15(20)18-17(14)10-22-11-17/h3-7,14H,1,8-11H2,2H3,(H,18,20). The minimum absolute atomic E-state index is 0.0203. The lowest BCUT2D eigenvalue weighted by Gasteiger charge is -2.52. The van der Waals surface area contributed by atoms with Gasteiger partial charge in [-0.05, 0) is 25.0 Å². The van der Waals surface area contributed by atoms with Crippen LogP contribution in [0.15, 0.2) is 37.0 Å². The molecule has 2 fully saturated rings. The first-order chi connectivity index (χ1) is 10.6. The molecule has 0 saturated carbocycles. The topological polar surface area (TPSA) is 58.6 Å². The molecule has 2 aliphatic heterocycles. The van der Waals surface area contributed by atoms with Crippen LogP contribution in [-0.2, 0) is 9.53 Å². The van der Waals surface area contributed by atoms with E-state index in [1.807, 2.05) is 31.2 Å². The van der Waals surface area contributed by atoms with E-state index >= 15 is 0 Å². The van der Waals surface area contributed by atoms with E-state index in [0.29, 0.717) is 31.6 Å². The smallest absolute Gasteiger partial charge is 0.258 e. The molecule has 1 aromatic rings. The van der Waals surface area contributed by atoms with E-state index in [1.165, 1.54) is 0 Å². The van der Waals surface area contributed by atoms with E-state index < -0.39 is 5.54 Å². The third kappa shape index (κ3) is 2.31. The SMILES string of the molecule is C=CN(C(=O)c1ccccc1C)C1CCC(=O)NC12COC2. The fourth-order valence-corrected chi connectivity index (χ4v) is 3.26. The van der Waals surface area contributed by atoms with Crippen LogP contribution in [-0.4, -0.2) is 41.5 Å². The van der Waals surface area contributed by atoms with Crippen molar-refractivity contribution >= 4 is 11.8 Å². The molecule has 3 rings (SSSR count). The van der Waals surface area contributed by atoms with Crippen molar-refractivity contribution in [3.63, 3.8) is 0 Å². The van der Waals surface area contributed by atoms with Crippen molar-refractivity contribution < 1.29 is 14.3 Å². The molecular weight excluding hydrogens is 280 g/mol. The summed E-state index contributed by atoms with van der Waals surface area (Å²) in [6.45, 7) is 6.60. The van der Waals surface area contributed by atoms with Gasteiger partial charge in [-0.15, -0.1) is 0 Å². The molecule has 22 heavy (non-hydrogen) atoms. The van der Waals surface area contributed by atoms with Crippen LogP contribution in [0, 0.1) is 6.92 Å². The van der Waals surface area contributed by atoms with Crippen LogP contribution in [0.5, 0.6) is 0 Å². The summed E-state index contributed by atoms with van der Waals surface area (Å²) in [4.78, 5) is 26.3. The second-order valence-corrected chi connectivity index (χ2v) is 5.96. The second-order valence-electron chi connectivity index (χ2n) is 5.96. The number of hydrogen-bond donors (Lipinski definition) is 1. The van der Waals surface area contributed by atoms with Gasteiger partial charge in [-0.1, -0.05) is 24.8 Å². The molecule has 1 aromatic carbocycles. The van der Waals surface area contributed by atoms with E-state index in [2.05, 4.69) is 11.9 Å². The van der Waals surface area contributed by atoms with Gasteiger partial charge < -0.3 is 15.0 Å². The molecule has 2 saturated heterocycles. The normalized spacial score (nSPS) is 22.6. The number of ether oxygens (including phenoxy) is 1. The number of carbonyl (C=O) groups is 2. The van der Waals surface area contributed by atoms with E-state index in [4.69, 9.17) is 4.74 Å². The fourth-order valence-electron chi connectivity index (χ4n) is 3.26. The summed E-state index contributed by atoms with van der Waals surface area (Å²) < 4.78 is 5.31. The Labute approximate surface area is 129 Å². The van der Waals surface area contributed by atoms with Crippen LogP contribution < -0.4 is 5.32 Å². The fraction of sp³-hybridized carbons (Fsp3) is 0.412. The van der Waals surface area contributed by atoms with E-state index in [-0.39, 0.29) is 17.9 Å². The van der Waals surface area contributed by atoms with Gasteiger partial charge in [0.1, 0.15) is 5.54 Å². The highest BCUT2D eigenvalue weighted by molar-refractivity contribution is 5.96. The molecule has 1 N–H and O–H groups in total. The third-order valence-corrected chi connectivity index (χ3v) is 4.53. The summed E-state index contributed by atoms with van der Waals surface area (Å²) in [5, 5.41) is 3.01. The number of rotatable bonds is 3. The summed E-state index contributed by atoms with van der Waals surface area (Å²) in [7, 11) is 0. The first-order valence-corrected chi connectivity index (χ1v) is 7.47. The lowest BCUT2D eigenvalue weighted by Crippen LogP contribution is -2.74. The molecule has 1 unspecified atom stereocenters. The molecule has 0 radical (unpaired) electrons. The molecule has 2 heterocycles. The zero-order valence-corrected chi connectivity index (χ0v) is 12.7. The number of nitrogens with zero attached hydrogens (tertiary/aromatic N) is 1. The van der Waals surface area contributed by atoms with Crippen molar-refractivity contribution in [1.29, 1.82) is 0 Å². The summed E-state index contributed by atoms with van der Waals surface area (Å²) in [6.07, 6.45) is 2.60. The molecule has 0 aliphatic carbocycles. The van der Waals surface area contributed by atoms with Gasteiger partial charge >= 0.3 is 0 Å². The van der Waals surface area contributed by atoms with E-state index in [1.54, 1.807) is 11.1 Å². The molecule has 2 aliphatic rings. The maximum atomic E-state index is 12.9. The number of amides is 2. The molecule has 1 spiro atoms. The van der Waals surface area contributed by atoms with Crippen molar-refractivity contribution in [3.8, 4) is 0 Å². The van der Waals surface area contributed by atoms with Crippen molar-refractivity contribution in [2.24, 2.45) is 0 Å². The Morgan fingerprint density at radius 2 is 2.18 bits per heavy atom. The minimum Gasteiger partial charge on any atom is -0.376 e. The van der Waals surface area contributed by atoms with Gasteiger partial charge in [0.05, 0.1) is 19.3 Å². The molecule has 0 aromatic heterocycles. The monoisotopic (exact) mass is 300 g/mol. The van der Waals surface area contributed by atoms with Crippen molar-refractivity contribution in [1.82, 2.24) is 10.2 Å². The Bertz CT molecular complexity index is 622. The number of hydrogen-bond acceptors (Lipinski definition) is 3. The van der Waals surface area contributed by atoms with Crippen LogP contribution in [0.3, 0.4) is 0 Å². The molecule has 0 bridgehead atoms. The van der Waals surface area contributed by atoms with Crippen LogP contribution in [0.1, 0.15) is 28.8 Å². The van der Waals surface area contributed by atoms with Gasteiger partial charge in [0.25, 0.3) is 5.91 Å². The largest absolute Gasteiger partial charge is 0.376 e. The molecule has 1 atom stereocenters. The number of piperidine rings is 1. The van der Waals surface area contributed by atoms with Crippen LogP contribution in [0.4, 0.5) is 0 Å². The van der Waals surface area contributed by atoms with Crippen molar-refractivity contribution in [2.45, 2.75) is 31.3 Å². The first-order valence-electron chi connectivity index (χ1n) is 7.47. The van der Waals surface area contributed by atoms with Gasteiger partial charge in [0.2, 0.25) is 5.91 Å². The van der Waals surface area contributed by atoms with Crippen LogP contribution in [0.25, 0.3) is 0 Å². The molecule has 2 amide bonds. The van der Waals surface area contributed by atoms with Gasteiger partial charge in [-0.2, -0.15) is 0 Å². The Kier molecular flexibility index (Phi) is 3.74. The summed E-state index contributed by atoms with van der Waals surface area (Å²) in [5.41, 5.74) is 1.12. The van der Waals surface area contributed by atoms with Crippen molar-refractivity contribution in [3.05, 3.63) is 48.2 Å². The van der Waals surface area contributed by atoms with Gasteiger partial charge in [0, 0.05) is 18.2 Å². The lowest BCUT2D eigenvalue weighted by molar-refractivity contribution is -0.148. The van der Waals surface area contributed by atoms with Gasteiger partial charge in [-0.3, -0.25) is 9.59 Å². The van der Waals surface area contributed by atoms with Gasteiger partial charge in [-0.25, -0.2) is 0 Å². The predicted octanol–water partition coefficient (Wildman–Crippen LogP) is 1.63. The van der Waals surface area contributed by atoms with E-state index in [9.17, 15) is 9.59 Å². The molecule has 5 nitrogen and oxygen atoms in total. The van der Waals surface area contributed by atoms with Crippen LogP contribution in [0.2, 0.25) is 0 Å². The summed E-state index contributed by atoms with van der Waals surface area (Å²) in [6, 6.07) is 7.38. The highest BCUT2D eigenvalue weighted by Crippen LogP contribution is 2.33. The average molecular weight is 300 g/mol. The highest BCUT2D eigenvalue weighted by atomic mass is 16.5. The van der Waals surface area contributed by atoms with E-state index in [0.717, 1.165) is 5.56 Å². The maximum absolute atomic E-state index is 12.9. The number of carbonyl (C=O) groups excluding carboxylic acids is 2. The zero-order chi connectivity index (χ0) is 15.7. The Hall–Kier alpha value is -2.14. The number of nitrogens with one attached hydrogen (secondary N) is 1. The number of benzene rings is 1. The van der Waals surface area contributed by atoms with Gasteiger partial charge in [0.15, 0.2) is 0 Å². The minimum atomic E-state index is -0.470. The predicted molar refractivity (Wildman–Crippen MR) is 82.3 cm³/mol. The second kappa shape index (κ2) is 5.57. The third-order valence-electron chi connectivity index (χ3n) is 4.53.